The van der Waals surface area contributed by atoms with Crippen LogP contribution >= 0.6 is 22.9 Å². The fraction of sp³-hybridized carbons (Fsp3) is 0.0909. The Hall–Kier alpha value is -1.43. The first-order chi connectivity index (χ1) is 8.25. The largest absolute Gasteiger partial charge is 0.381 e. The van der Waals surface area contributed by atoms with Crippen molar-refractivity contribution in [3.05, 3.63) is 45.6 Å². The predicted molar refractivity (Wildman–Crippen MR) is 67.3 cm³/mol. The van der Waals surface area contributed by atoms with Gasteiger partial charge in [-0.3, -0.25) is 0 Å². The molecule has 0 spiro atoms. The first-order valence-corrected chi connectivity index (χ1v) is 6.23. The molecule has 17 heavy (non-hydrogen) atoms. The van der Waals surface area contributed by atoms with E-state index in [-0.39, 0.29) is 5.28 Å². The third-order valence-electron chi connectivity index (χ3n) is 2.49. The average Bonchev–Trinajstić information content (AvgIpc) is 2.97. The number of aromatic nitrogens is 3. The van der Waals surface area contributed by atoms with Crippen LogP contribution in [-0.4, -0.2) is 20.1 Å². The van der Waals surface area contributed by atoms with Crippen molar-refractivity contribution in [3.8, 4) is 0 Å². The Balaban J connectivity index is 2.19. The van der Waals surface area contributed by atoms with Crippen LogP contribution in [0.2, 0.25) is 5.28 Å². The molecule has 0 saturated carbocycles. The van der Waals surface area contributed by atoms with E-state index in [9.17, 15) is 5.11 Å². The zero-order valence-corrected chi connectivity index (χ0v) is 10.2. The molecule has 0 aromatic carbocycles. The molecule has 3 rings (SSSR count). The van der Waals surface area contributed by atoms with Gasteiger partial charge >= 0.3 is 0 Å². The highest BCUT2D eigenvalue weighted by atomic mass is 35.5. The zero-order chi connectivity index (χ0) is 11.8. The molecule has 3 aromatic rings. The zero-order valence-electron chi connectivity index (χ0n) is 8.59. The molecule has 3 heterocycles. The van der Waals surface area contributed by atoms with E-state index >= 15 is 0 Å². The normalized spacial score (nSPS) is 13.1. The highest BCUT2D eigenvalue weighted by Gasteiger charge is 2.18. The molecule has 0 aliphatic heterocycles. The van der Waals surface area contributed by atoms with Crippen LogP contribution < -0.4 is 0 Å². The Kier molecular flexibility index (Phi) is 2.58. The standard InChI is InChI=1S/C11H8ClN3OS/c12-11-14-8(6-3-4-13-10(6)15-11)9(16)7-2-1-5-17-7/h1-5,9,16H,(H,13,14,15). The molecule has 0 bridgehead atoms. The molecule has 0 aliphatic rings. The summed E-state index contributed by atoms with van der Waals surface area (Å²) < 4.78 is 0. The number of aromatic amines is 1. The van der Waals surface area contributed by atoms with Gasteiger partial charge in [0.15, 0.2) is 0 Å². The van der Waals surface area contributed by atoms with Crippen molar-refractivity contribution in [1.29, 1.82) is 0 Å². The molecular formula is C11H8ClN3OS. The Morgan fingerprint density at radius 3 is 3.00 bits per heavy atom. The lowest BCUT2D eigenvalue weighted by Crippen LogP contribution is -2.02. The highest BCUT2D eigenvalue weighted by Crippen LogP contribution is 2.29. The summed E-state index contributed by atoms with van der Waals surface area (Å²) in [4.78, 5) is 12.0. The summed E-state index contributed by atoms with van der Waals surface area (Å²) in [5.41, 5.74) is 1.17. The molecule has 0 fully saturated rings. The van der Waals surface area contributed by atoms with Crippen LogP contribution in [0, 0.1) is 0 Å². The van der Waals surface area contributed by atoms with Crippen molar-refractivity contribution in [2.45, 2.75) is 6.10 Å². The summed E-state index contributed by atoms with van der Waals surface area (Å²) in [6.07, 6.45) is 0.981. The van der Waals surface area contributed by atoms with Gasteiger partial charge in [-0.25, -0.2) is 4.98 Å². The summed E-state index contributed by atoms with van der Waals surface area (Å²) in [5.74, 6) is 0. The number of thiophene rings is 1. The Labute approximate surface area is 106 Å². The van der Waals surface area contributed by atoms with Gasteiger partial charge < -0.3 is 10.1 Å². The predicted octanol–water partition coefficient (Wildman–Crippen LogP) is 2.75. The molecule has 0 saturated heterocycles. The van der Waals surface area contributed by atoms with E-state index in [0.29, 0.717) is 11.3 Å². The minimum absolute atomic E-state index is 0.130. The summed E-state index contributed by atoms with van der Waals surface area (Å²) in [7, 11) is 0. The molecule has 0 radical (unpaired) electrons. The maximum atomic E-state index is 10.3. The highest BCUT2D eigenvalue weighted by molar-refractivity contribution is 7.10. The van der Waals surface area contributed by atoms with Gasteiger partial charge in [0.2, 0.25) is 5.28 Å². The third-order valence-corrected chi connectivity index (χ3v) is 3.58. The number of nitrogens with zero attached hydrogens (tertiary/aromatic N) is 2. The molecule has 2 N–H and O–H groups in total. The second kappa shape index (κ2) is 4.10. The van der Waals surface area contributed by atoms with Crippen LogP contribution in [0.25, 0.3) is 11.0 Å². The third kappa shape index (κ3) is 1.82. The van der Waals surface area contributed by atoms with Gasteiger partial charge in [0.05, 0.1) is 5.69 Å². The lowest BCUT2D eigenvalue weighted by molar-refractivity contribution is 0.221. The van der Waals surface area contributed by atoms with Gasteiger partial charge in [-0.05, 0) is 29.1 Å². The summed E-state index contributed by atoms with van der Waals surface area (Å²) in [6, 6.07) is 5.59. The molecule has 86 valence electrons. The van der Waals surface area contributed by atoms with Crippen molar-refractivity contribution in [2.24, 2.45) is 0 Å². The molecule has 6 heteroatoms. The van der Waals surface area contributed by atoms with Crippen molar-refractivity contribution < 1.29 is 5.11 Å². The van der Waals surface area contributed by atoms with Gasteiger partial charge in [-0.1, -0.05) is 6.07 Å². The number of rotatable bonds is 2. The maximum Gasteiger partial charge on any atom is 0.224 e. The molecule has 1 atom stereocenters. The summed E-state index contributed by atoms with van der Waals surface area (Å²) >= 11 is 7.32. The van der Waals surface area contributed by atoms with Gasteiger partial charge in [0.1, 0.15) is 11.8 Å². The van der Waals surface area contributed by atoms with Crippen LogP contribution in [0.5, 0.6) is 0 Å². The molecule has 1 unspecified atom stereocenters. The monoisotopic (exact) mass is 265 g/mol. The molecule has 0 aliphatic carbocycles. The van der Waals surface area contributed by atoms with E-state index in [4.69, 9.17) is 11.6 Å². The summed E-state index contributed by atoms with van der Waals surface area (Å²) in [6.45, 7) is 0. The minimum Gasteiger partial charge on any atom is -0.381 e. The Morgan fingerprint density at radius 1 is 1.35 bits per heavy atom. The van der Waals surface area contributed by atoms with Gasteiger partial charge in [0, 0.05) is 16.5 Å². The number of nitrogens with one attached hydrogen (secondary N) is 1. The first-order valence-electron chi connectivity index (χ1n) is 4.97. The molecule has 4 nitrogen and oxygen atoms in total. The van der Waals surface area contributed by atoms with Crippen LogP contribution in [0.3, 0.4) is 0 Å². The molecule has 0 amide bonds. The van der Waals surface area contributed by atoms with E-state index < -0.39 is 6.10 Å². The van der Waals surface area contributed by atoms with E-state index in [0.717, 1.165) is 10.3 Å². The van der Waals surface area contributed by atoms with E-state index in [1.807, 2.05) is 23.6 Å². The topological polar surface area (TPSA) is 61.8 Å². The number of hydrogen-bond acceptors (Lipinski definition) is 4. The number of fused-ring (bicyclic) bond motifs is 1. The van der Waals surface area contributed by atoms with Gasteiger partial charge in [-0.2, -0.15) is 4.98 Å². The number of aliphatic hydroxyl groups excluding tert-OH is 1. The van der Waals surface area contributed by atoms with Crippen molar-refractivity contribution in [1.82, 2.24) is 15.0 Å². The van der Waals surface area contributed by atoms with Gasteiger partial charge in [0.25, 0.3) is 0 Å². The molecular weight excluding hydrogens is 258 g/mol. The number of hydrogen-bond donors (Lipinski definition) is 2. The van der Waals surface area contributed by atoms with E-state index in [2.05, 4.69) is 15.0 Å². The lowest BCUT2D eigenvalue weighted by Gasteiger charge is -2.09. The number of aliphatic hydroxyl groups is 1. The fourth-order valence-electron chi connectivity index (χ4n) is 1.73. The van der Waals surface area contributed by atoms with Crippen LogP contribution in [0.15, 0.2) is 29.8 Å². The number of H-pyrrole nitrogens is 1. The van der Waals surface area contributed by atoms with Crippen LogP contribution in [0.4, 0.5) is 0 Å². The smallest absolute Gasteiger partial charge is 0.224 e. The van der Waals surface area contributed by atoms with Crippen LogP contribution in [0.1, 0.15) is 16.7 Å². The average molecular weight is 266 g/mol. The second-order valence-electron chi connectivity index (χ2n) is 3.54. The van der Waals surface area contributed by atoms with E-state index in [1.165, 1.54) is 11.3 Å². The second-order valence-corrected chi connectivity index (χ2v) is 4.85. The fourth-order valence-corrected chi connectivity index (χ4v) is 2.61. The maximum absolute atomic E-state index is 10.3. The Morgan fingerprint density at radius 2 is 2.24 bits per heavy atom. The van der Waals surface area contributed by atoms with Crippen molar-refractivity contribution in [2.75, 3.05) is 0 Å². The quantitative estimate of drug-likeness (QED) is 0.701. The minimum atomic E-state index is -0.770. The molecule has 3 aromatic heterocycles. The van der Waals surface area contributed by atoms with Crippen molar-refractivity contribution in [3.63, 3.8) is 0 Å². The SMILES string of the molecule is OC(c1cccs1)c1nc(Cl)nc2[nH]ccc12. The first kappa shape index (κ1) is 10.7. The van der Waals surface area contributed by atoms with Crippen LogP contribution in [-0.2, 0) is 0 Å². The van der Waals surface area contributed by atoms with Gasteiger partial charge in [-0.15, -0.1) is 11.3 Å². The summed E-state index contributed by atoms with van der Waals surface area (Å²) in [5, 5.41) is 13.1. The Bertz CT molecular complexity index is 650. The van der Waals surface area contributed by atoms with Crippen molar-refractivity contribution >= 4 is 34.0 Å². The van der Waals surface area contributed by atoms with E-state index in [1.54, 1.807) is 6.20 Å². The number of halogens is 1. The lowest BCUT2D eigenvalue weighted by atomic mass is 10.1.